The van der Waals surface area contributed by atoms with Crippen molar-refractivity contribution in [3.63, 3.8) is 0 Å². The van der Waals surface area contributed by atoms with Gasteiger partial charge in [-0.2, -0.15) is 4.31 Å². The van der Waals surface area contributed by atoms with Crippen LogP contribution in [0.4, 0.5) is 0 Å². The minimum atomic E-state index is -3.52. The summed E-state index contributed by atoms with van der Waals surface area (Å²) < 4.78 is 26.4. The first-order valence-electron chi connectivity index (χ1n) is 8.92. The van der Waals surface area contributed by atoms with Crippen LogP contribution in [0.5, 0.6) is 0 Å². The van der Waals surface area contributed by atoms with Gasteiger partial charge in [-0.05, 0) is 57.4 Å². The molecular weight excluding hydrogens is 374 g/mol. The van der Waals surface area contributed by atoms with Gasteiger partial charge in [-0.3, -0.25) is 4.79 Å². The van der Waals surface area contributed by atoms with Crippen molar-refractivity contribution in [1.29, 1.82) is 0 Å². The number of hydrogen-bond donors (Lipinski definition) is 1. The van der Waals surface area contributed by atoms with Crippen LogP contribution in [-0.2, 0) is 10.0 Å². The fourth-order valence-electron chi connectivity index (χ4n) is 3.52. The molecule has 2 heterocycles. The van der Waals surface area contributed by atoms with Gasteiger partial charge in [0.05, 0.1) is 4.90 Å². The number of carbonyl (C=O) groups excluding carboxylic acids is 1. The molecule has 0 aromatic heterocycles. The van der Waals surface area contributed by atoms with E-state index in [1.54, 1.807) is 19.2 Å². The van der Waals surface area contributed by atoms with Gasteiger partial charge in [0.2, 0.25) is 10.0 Å². The Morgan fingerprint density at radius 3 is 2.38 bits per heavy atom. The minimum absolute atomic E-state index is 0. The van der Waals surface area contributed by atoms with Crippen molar-refractivity contribution in [1.82, 2.24) is 14.5 Å². The van der Waals surface area contributed by atoms with Crippen LogP contribution in [0.2, 0.25) is 0 Å². The molecule has 26 heavy (non-hydrogen) atoms. The predicted octanol–water partition coefficient (Wildman–Crippen LogP) is 2.10. The van der Waals surface area contributed by atoms with Crippen molar-refractivity contribution >= 4 is 28.3 Å². The highest BCUT2D eigenvalue weighted by molar-refractivity contribution is 7.89. The van der Waals surface area contributed by atoms with Crippen LogP contribution < -0.4 is 5.32 Å². The molecule has 2 unspecified atom stereocenters. The first-order valence-corrected chi connectivity index (χ1v) is 10.4. The lowest BCUT2D eigenvalue weighted by Gasteiger charge is -2.24. The number of nitrogens with one attached hydrogen (secondary N) is 1. The quantitative estimate of drug-likeness (QED) is 0.838. The molecular formula is C18H28ClN3O3S. The Bertz CT molecular complexity index is 737. The molecule has 146 valence electrons. The maximum absolute atomic E-state index is 12.8. The number of amides is 1. The molecule has 0 radical (unpaired) electrons. The first kappa shape index (κ1) is 21.2. The Morgan fingerprint density at radius 2 is 1.77 bits per heavy atom. The van der Waals surface area contributed by atoms with Gasteiger partial charge in [0.15, 0.2) is 0 Å². The number of nitrogens with zero attached hydrogens (tertiary/aromatic N) is 2. The van der Waals surface area contributed by atoms with E-state index in [1.165, 1.54) is 22.9 Å². The summed E-state index contributed by atoms with van der Waals surface area (Å²) >= 11 is 0. The van der Waals surface area contributed by atoms with Gasteiger partial charge in [-0.15, -0.1) is 12.4 Å². The van der Waals surface area contributed by atoms with Gasteiger partial charge >= 0.3 is 0 Å². The molecule has 1 amide bonds. The van der Waals surface area contributed by atoms with Crippen LogP contribution in [0.15, 0.2) is 29.2 Å². The third-order valence-corrected chi connectivity index (χ3v) is 7.36. The summed E-state index contributed by atoms with van der Waals surface area (Å²) in [5, 5.41) is 3.56. The summed E-state index contributed by atoms with van der Waals surface area (Å²) in [6.45, 7) is 5.14. The van der Waals surface area contributed by atoms with E-state index >= 15 is 0 Å². The van der Waals surface area contributed by atoms with Gasteiger partial charge in [0.1, 0.15) is 0 Å². The second-order valence-corrected chi connectivity index (χ2v) is 9.31. The Balaban J connectivity index is 0.00000243. The number of halogens is 1. The highest BCUT2D eigenvalue weighted by Gasteiger charge is 2.31. The van der Waals surface area contributed by atoms with Crippen LogP contribution in [0.3, 0.4) is 0 Å². The fourth-order valence-corrected chi connectivity index (χ4v) is 4.89. The molecule has 0 saturated carbocycles. The summed E-state index contributed by atoms with van der Waals surface area (Å²) in [5.41, 5.74) is 0.545. The number of carbonyl (C=O) groups is 1. The monoisotopic (exact) mass is 401 g/mol. The van der Waals surface area contributed by atoms with Crippen molar-refractivity contribution in [2.24, 2.45) is 0 Å². The number of benzene rings is 1. The van der Waals surface area contributed by atoms with E-state index in [-0.39, 0.29) is 29.3 Å². The van der Waals surface area contributed by atoms with Gasteiger partial charge in [-0.1, -0.05) is 0 Å². The average Bonchev–Trinajstić information content (AvgIpc) is 2.92. The Hall–Kier alpha value is -1.15. The maximum Gasteiger partial charge on any atom is 0.253 e. The number of sulfonamides is 1. The average molecular weight is 402 g/mol. The van der Waals surface area contributed by atoms with E-state index in [0.29, 0.717) is 17.6 Å². The summed E-state index contributed by atoms with van der Waals surface area (Å²) in [6.07, 6.45) is 3.30. The topological polar surface area (TPSA) is 69.7 Å². The smallest absolute Gasteiger partial charge is 0.253 e. The number of likely N-dealkylation sites (tertiary alicyclic amines) is 1. The standard InChI is InChI=1S/C18H27N3O3S.ClH/c1-13(2)20(3)25(23,24)17-8-4-14(5-9-17)18(22)21-11-10-15-6-7-16(12-21)19-15;/h4-5,8-9,13,15-16,19H,6-7,10-12H2,1-3H3;1H. The zero-order valence-electron chi connectivity index (χ0n) is 15.5. The number of hydrogen-bond acceptors (Lipinski definition) is 4. The predicted molar refractivity (Wildman–Crippen MR) is 104 cm³/mol. The van der Waals surface area contributed by atoms with E-state index in [1.807, 2.05) is 18.7 Å². The molecule has 3 rings (SSSR count). The van der Waals surface area contributed by atoms with Crippen molar-refractivity contribution in [2.75, 3.05) is 20.1 Å². The lowest BCUT2D eigenvalue weighted by atomic mass is 10.1. The van der Waals surface area contributed by atoms with E-state index < -0.39 is 10.0 Å². The van der Waals surface area contributed by atoms with Gasteiger partial charge < -0.3 is 10.2 Å². The second kappa shape index (κ2) is 8.25. The second-order valence-electron chi connectivity index (χ2n) is 7.32. The summed E-state index contributed by atoms with van der Waals surface area (Å²) in [6, 6.07) is 7.11. The summed E-state index contributed by atoms with van der Waals surface area (Å²) in [4.78, 5) is 14.9. The lowest BCUT2D eigenvalue weighted by molar-refractivity contribution is 0.0748. The maximum atomic E-state index is 12.8. The molecule has 8 heteroatoms. The van der Waals surface area contributed by atoms with Crippen molar-refractivity contribution in [2.45, 2.75) is 56.1 Å². The molecule has 2 fully saturated rings. The van der Waals surface area contributed by atoms with Crippen molar-refractivity contribution < 1.29 is 13.2 Å². The zero-order valence-corrected chi connectivity index (χ0v) is 17.1. The minimum Gasteiger partial charge on any atom is -0.337 e. The number of rotatable bonds is 4. The van der Waals surface area contributed by atoms with E-state index in [9.17, 15) is 13.2 Å². The molecule has 2 saturated heterocycles. The normalized spacial score (nSPS) is 23.0. The third kappa shape index (κ3) is 4.22. The molecule has 2 aliphatic heterocycles. The highest BCUT2D eigenvalue weighted by Crippen LogP contribution is 2.22. The van der Waals surface area contributed by atoms with Gasteiger partial charge in [0.25, 0.3) is 5.91 Å². The SMILES string of the molecule is CC(C)N(C)S(=O)(=O)c1ccc(C(=O)N2CCC3CCC(C2)N3)cc1.Cl. The largest absolute Gasteiger partial charge is 0.337 e. The van der Waals surface area contributed by atoms with Crippen LogP contribution in [0.25, 0.3) is 0 Å². The number of fused-ring (bicyclic) bond motifs is 2. The molecule has 2 atom stereocenters. The van der Waals surface area contributed by atoms with Crippen LogP contribution in [0.1, 0.15) is 43.5 Å². The molecule has 1 aromatic carbocycles. The zero-order chi connectivity index (χ0) is 18.2. The molecule has 2 aliphatic rings. The van der Waals surface area contributed by atoms with Crippen molar-refractivity contribution in [3.05, 3.63) is 29.8 Å². The van der Waals surface area contributed by atoms with Crippen molar-refractivity contribution in [3.8, 4) is 0 Å². The molecule has 2 bridgehead atoms. The molecule has 0 aliphatic carbocycles. The third-order valence-electron chi connectivity index (χ3n) is 5.32. The fraction of sp³-hybridized carbons (Fsp3) is 0.611. The first-order chi connectivity index (χ1) is 11.8. The molecule has 1 aromatic rings. The summed E-state index contributed by atoms with van der Waals surface area (Å²) in [5.74, 6) is -0.0180. The molecule has 6 nitrogen and oxygen atoms in total. The highest BCUT2D eigenvalue weighted by atomic mass is 35.5. The Labute approximate surface area is 162 Å². The van der Waals surface area contributed by atoms with Crippen LogP contribution in [0, 0.1) is 0 Å². The van der Waals surface area contributed by atoms with E-state index in [2.05, 4.69) is 5.32 Å². The van der Waals surface area contributed by atoms with Crippen LogP contribution >= 0.6 is 12.4 Å². The van der Waals surface area contributed by atoms with E-state index in [4.69, 9.17) is 0 Å². The Kier molecular flexibility index (Phi) is 6.71. The van der Waals surface area contributed by atoms with E-state index in [0.717, 1.165) is 25.9 Å². The summed E-state index contributed by atoms with van der Waals surface area (Å²) in [7, 11) is -1.95. The van der Waals surface area contributed by atoms with Gasteiger partial charge in [-0.25, -0.2) is 8.42 Å². The van der Waals surface area contributed by atoms with Gasteiger partial charge in [0, 0.05) is 43.8 Å². The van der Waals surface area contributed by atoms with Crippen LogP contribution in [-0.4, -0.2) is 61.8 Å². The molecule has 0 spiro atoms. The molecule has 1 N–H and O–H groups in total. The lowest BCUT2D eigenvalue weighted by Crippen LogP contribution is -2.39. The Morgan fingerprint density at radius 1 is 1.15 bits per heavy atom.